The second-order valence-electron chi connectivity index (χ2n) is 4.69. The quantitative estimate of drug-likeness (QED) is 0.851. The van der Waals surface area contributed by atoms with Gasteiger partial charge in [-0.25, -0.2) is 9.97 Å². The van der Waals surface area contributed by atoms with Gasteiger partial charge >= 0.3 is 0 Å². The number of nitrogens with one attached hydrogen (secondary N) is 1. The minimum atomic E-state index is -0.132. The first-order valence-electron chi connectivity index (χ1n) is 6.05. The fraction of sp³-hybridized carbons (Fsp3) is 0.500. The molecule has 0 aromatic carbocycles. The van der Waals surface area contributed by atoms with Crippen molar-refractivity contribution in [2.24, 2.45) is 5.92 Å². The summed E-state index contributed by atoms with van der Waals surface area (Å²) in [6.07, 6.45) is 2.72. The summed E-state index contributed by atoms with van der Waals surface area (Å²) in [7, 11) is 0. The minimum Gasteiger partial charge on any atom is -0.393 e. The monoisotopic (exact) mass is 283 g/mol. The molecule has 2 atom stereocenters. The van der Waals surface area contributed by atoms with E-state index in [1.54, 1.807) is 11.3 Å². The zero-order valence-electron chi connectivity index (χ0n) is 9.77. The first kappa shape index (κ1) is 12.1. The van der Waals surface area contributed by atoms with Crippen LogP contribution in [-0.4, -0.2) is 27.7 Å². The zero-order chi connectivity index (χ0) is 12.5. The SMILES string of the molecule is OC1CCC(CNc2nc(Cl)nc3sccc23)C1. The molecule has 0 amide bonds. The van der Waals surface area contributed by atoms with E-state index in [4.69, 9.17) is 11.6 Å². The maximum absolute atomic E-state index is 9.51. The molecule has 2 heterocycles. The van der Waals surface area contributed by atoms with Crippen LogP contribution < -0.4 is 5.32 Å². The predicted molar refractivity (Wildman–Crippen MR) is 74.3 cm³/mol. The molecule has 1 aliphatic carbocycles. The summed E-state index contributed by atoms with van der Waals surface area (Å²) >= 11 is 7.46. The van der Waals surface area contributed by atoms with E-state index in [0.29, 0.717) is 5.92 Å². The number of halogens is 1. The molecule has 0 bridgehead atoms. The summed E-state index contributed by atoms with van der Waals surface area (Å²) in [6, 6.07) is 2.00. The molecular weight excluding hydrogens is 270 g/mol. The average Bonchev–Trinajstić information content (AvgIpc) is 2.94. The number of aromatic nitrogens is 2. The molecule has 6 heteroatoms. The summed E-state index contributed by atoms with van der Waals surface area (Å²) in [5.74, 6) is 1.31. The van der Waals surface area contributed by atoms with Gasteiger partial charge in [0.15, 0.2) is 0 Å². The highest BCUT2D eigenvalue weighted by Crippen LogP contribution is 2.29. The van der Waals surface area contributed by atoms with Gasteiger partial charge in [0.2, 0.25) is 5.28 Å². The van der Waals surface area contributed by atoms with E-state index in [0.717, 1.165) is 41.8 Å². The van der Waals surface area contributed by atoms with E-state index >= 15 is 0 Å². The average molecular weight is 284 g/mol. The van der Waals surface area contributed by atoms with Crippen LogP contribution in [0.1, 0.15) is 19.3 Å². The molecule has 2 aromatic heterocycles. The molecule has 18 heavy (non-hydrogen) atoms. The van der Waals surface area contributed by atoms with Gasteiger partial charge in [0.05, 0.1) is 11.5 Å². The standard InChI is InChI=1S/C12H14ClN3OS/c13-12-15-10(9-3-4-18-11(9)16-12)14-6-7-1-2-8(17)5-7/h3-4,7-8,17H,1-2,5-6H2,(H,14,15,16). The number of rotatable bonds is 3. The third kappa shape index (κ3) is 2.43. The van der Waals surface area contributed by atoms with Crippen molar-refractivity contribution >= 4 is 39.0 Å². The summed E-state index contributed by atoms with van der Waals surface area (Å²) in [4.78, 5) is 9.33. The predicted octanol–water partition coefficient (Wildman–Crippen LogP) is 2.92. The van der Waals surface area contributed by atoms with E-state index in [1.807, 2.05) is 11.4 Å². The Balaban J connectivity index is 1.75. The lowest BCUT2D eigenvalue weighted by atomic mass is 10.1. The third-order valence-electron chi connectivity index (χ3n) is 3.37. The van der Waals surface area contributed by atoms with Crippen molar-refractivity contribution in [2.75, 3.05) is 11.9 Å². The molecule has 0 saturated heterocycles. The van der Waals surface area contributed by atoms with Crippen molar-refractivity contribution < 1.29 is 5.11 Å². The van der Waals surface area contributed by atoms with Crippen LogP contribution in [0.4, 0.5) is 5.82 Å². The Kier molecular flexibility index (Phi) is 3.37. The lowest BCUT2D eigenvalue weighted by Gasteiger charge is -2.12. The molecule has 1 saturated carbocycles. The minimum absolute atomic E-state index is 0.132. The first-order valence-corrected chi connectivity index (χ1v) is 7.31. The molecule has 3 rings (SSSR count). The molecule has 1 fully saturated rings. The Morgan fingerprint density at radius 3 is 3.11 bits per heavy atom. The Morgan fingerprint density at radius 2 is 2.33 bits per heavy atom. The van der Waals surface area contributed by atoms with Crippen molar-refractivity contribution in [3.8, 4) is 0 Å². The van der Waals surface area contributed by atoms with Crippen LogP contribution in [0.15, 0.2) is 11.4 Å². The number of nitrogens with zero attached hydrogens (tertiary/aromatic N) is 2. The van der Waals surface area contributed by atoms with E-state index in [2.05, 4.69) is 15.3 Å². The molecule has 0 radical (unpaired) electrons. The van der Waals surface area contributed by atoms with E-state index in [-0.39, 0.29) is 11.4 Å². The van der Waals surface area contributed by atoms with Gasteiger partial charge in [-0.15, -0.1) is 11.3 Å². The van der Waals surface area contributed by atoms with Crippen LogP contribution in [0.3, 0.4) is 0 Å². The fourth-order valence-electron chi connectivity index (χ4n) is 2.44. The number of aliphatic hydroxyl groups excluding tert-OH is 1. The van der Waals surface area contributed by atoms with E-state index in [1.165, 1.54) is 0 Å². The van der Waals surface area contributed by atoms with E-state index < -0.39 is 0 Å². The molecule has 96 valence electrons. The number of anilines is 1. The van der Waals surface area contributed by atoms with Crippen molar-refractivity contribution in [3.63, 3.8) is 0 Å². The van der Waals surface area contributed by atoms with Crippen LogP contribution in [-0.2, 0) is 0 Å². The highest BCUT2D eigenvalue weighted by molar-refractivity contribution is 7.16. The van der Waals surface area contributed by atoms with Crippen molar-refractivity contribution in [1.82, 2.24) is 9.97 Å². The first-order chi connectivity index (χ1) is 8.72. The Hall–Kier alpha value is -0.910. The summed E-state index contributed by atoms with van der Waals surface area (Å²) in [5, 5.41) is 16.1. The lowest BCUT2D eigenvalue weighted by Crippen LogP contribution is -2.13. The van der Waals surface area contributed by atoms with Crippen LogP contribution in [0.2, 0.25) is 5.28 Å². The normalized spacial score (nSPS) is 23.7. The Morgan fingerprint density at radius 1 is 1.44 bits per heavy atom. The third-order valence-corrected chi connectivity index (χ3v) is 4.35. The maximum atomic E-state index is 9.51. The molecular formula is C12H14ClN3OS. The molecule has 1 aliphatic rings. The molecule has 2 N–H and O–H groups in total. The highest BCUT2D eigenvalue weighted by atomic mass is 35.5. The second kappa shape index (κ2) is 4.99. The number of aliphatic hydroxyl groups is 1. The van der Waals surface area contributed by atoms with Gasteiger partial charge in [-0.1, -0.05) is 0 Å². The summed E-state index contributed by atoms with van der Waals surface area (Å²) in [6.45, 7) is 0.829. The van der Waals surface area contributed by atoms with Gasteiger partial charge in [0, 0.05) is 6.54 Å². The largest absolute Gasteiger partial charge is 0.393 e. The number of hydrogen-bond acceptors (Lipinski definition) is 5. The molecule has 2 unspecified atom stereocenters. The van der Waals surface area contributed by atoms with Gasteiger partial charge in [0.25, 0.3) is 0 Å². The Bertz CT molecular complexity index is 559. The molecule has 0 aliphatic heterocycles. The van der Waals surface area contributed by atoms with Gasteiger partial charge in [-0.3, -0.25) is 0 Å². The summed E-state index contributed by atoms with van der Waals surface area (Å²) < 4.78 is 0. The van der Waals surface area contributed by atoms with Crippen LogP contribution in [0, 0.1) is 5.92 Å². The number of thiophene rings is 1. The maximum Gasteiger partial charge on any atom is 0.225 e. The smallest absolute Gasteiger partial charge is 0.225 e. The van der Waals surface area contributed by atoms with Crippen LogP contribution >= 0.6 is 22.9 Å². The van der Waals surface area contributed by atoms with Gasteiger partial charge in [-0.2, -0.15) is 0 Å². The fourth-order valence-corrected chi connectivity index (χ4v) is 3.42. The molecule has 4 nitrogen and oxygen atoms in total. The van der Waals surface area contributed by atoms with Crippen molar-refractivity contribution in [2.45, 2.75) is 25.4 Å². The highest BCUT2D eigenvalue weighted by Gasteiger charge is 2.22. The van der Waals surface area contributed by atoms with Gasteiger partial charge < -0.3 is 10.4 Å². The Labute approximate surface area is 114 Å². The van der Waals surface area contributed by atoms with Crippen molar-refractivity contribution in [1.29, 1.82) is 0 Å². The lowest BCUT2D eigenvalue weighted by molar-refractivity contribution is 0.178. The number of hydrogen-bond donors (Lipinski definition) is 2. The van der Waals surface area contributed by atoms with Gasteiger partial charge in [-0.05, 0) is 48.2 Å². The van der Waals surface area contributed by atoms with Crippen LogP contribution in [0.25, 0.3) is 10.2 Å². The zero-order valence-corrected chi connectivity index (χ0v) is 11.3. The van der Waals surface area contributed by atoms with Crippen molar-refractivity contribution in [3.05, 3.63) is 16.7 Å². The van der Waals surface area contributed by atoms with Gasteiger partial charge in [0.1, 0.15) is 10.6 Å². The topological polar surface area (TPSA) is 58.0 Å². The second-order valence-corrected chi connectivity index (χ2v) is 5.93. The van der Waals surface area contributed by atoms with Crippen LogP contribution in [0.5, 0.6) is 0 Å². The molecule has 0 spiro atoms. The summed E-state index contributed by atoms with van der Waals surface area (Å²) in [5.41, 5.74) is 0. The number of fused-ring (bicyclic) bond motifs is 1. The molecule has 2 aromatic rings. The van der Waals surface area contributed by atoms with E-state index in [9.17, 15) is 5.11 Å².